The minimum absolute atomic E-state index is 0.251. The lowest BCUT2D eigenvalue weighted by atomic mass is 9.93. The normalized spacial score (nSPS) is 24.6. The first-order chi connectivity index (χ1) is 8.48. The molecule has 1 fully saturated rings. The second-order valence-electron chi connectivity index (χ2n) is 6.38. The quantitative estimate of drug-likeness (QED) is 0.901. The standard InChI is InChI=1S/C15H26N2S/c1-12(2)14-10-16-15(3,4)11-17(14)8-7-13-6-5-9-18-13/h5-6,9,12,14,16H,7-8,10-11H2,1-4H3. The van der Waals surface area contributed by atoms with Gasteiger partial charge in [-0.25, -0.2) is 0 Å². The molecule has 1 saturated heterocycles. The van der Waals surface area contributed by atoms with E-state index in [1.807, 2.05) is 11.3 Å². The van der Waals surface area contributed by atoms with Crippen molar-refractivity contribution in [1.29, 1.82) is 0 Å². The fourth-order valence-corrected chi connectivity index (χ4v) is 3.50. The third-order valence-electron chi connectivity index (χ3n) is 3.85. The molecule has 1 aromatic rings. The Labute approximate surface area is 115 Å². The molecule has 3 heteroatoms. The van der Waals surface area contributed by atoms with Crippen LogP contribution in [0.5, 0.6) is 0 Å². The van der Waals surface area contributed by atoms with E-state index >= 15 is 0 Å². The molecule has 1 N–H and O–H groups in total. The average Bonchev–Trinajstić information content (AvgIpc) is 2.77. The van der Waals surface area contributed by atoms with Crippen molar-refractivity contribution in [3.8, 4) is 0 Å². The van der Waals surface area contributed by atoms with Gasteiger partial charge in [-0.2, -0.15) is 0 Å². The second-order valence-corrected chi connectivity index (χ2v) is 7.41. The fraction of sp³-hybridized carbons (Fsp3) is 0.733. The van der Waals surface area contributed by atoms with Crippen molar-refractivity contribution in [1.82, 2.24) is 10.2 Å². The molecule has 1 aliphatic heterocycles. The van der Waals surface area contributed by atoms with E-state index < -0.39 is 0 Å². The molecule has 102 valence electrons. The van der Waals surface area contributed by atoms with Gasteiger partial charge in [-0.05, 0) is 37.6 Å². The van der Waals surface area contributed by atoms with E-state index in [0.29, 0.717) is 6.04 Å². The van der Waals surface area contributed by atoms with Gasteiger partial charge < -0.3 is 5.32 Å². The summed E-state index contributed by atoms with van der Waals surface area (Å²) in [5, 5.41) is 5.85. The highest BCUT2D eigenvalue weighted by molar-refractivity contribution is 7.09. The molecule has 2 nitrogen and oxygen atoms in total. The topological polar surface area (TPSA) is 15.3 Å². The predicted octanol–water partition coefficient (Wildman–Crippen LogP) is 3.00. The summed E-state index contributed by atoms with van der Waals surface area (Å²) in [6, 6.07) is 5.09. The molecule has 0 aromatic carbocycles. The van der Waals surface area contributed by atoms with Crippen LogP contribution in [0.25, 0.3) is 0 Å². The number of thiophene rings is 1. The number of nitrogens with zero attached hydrogens (tertiary/aromatic N) is 1. The van der Waals surface area contributed by atoms with Crippen LogP contribution < -0.4 is 5.32 Å². The van der Waals surface area contributed by atoms with Gasteiger partial charge in [0.05, 0.1) is 0 Å². The van der Waals surface area contributed by atoms with Gasteiger partial charge in [0.15, 0.2) is 0 Å². The number of piperazine rings is 1. The fourth-order valence-electron chi connectivity index (χ4n) is 2.80. The Morgan fingerprint density at radius 2 is 2.28 bits per heavy atom. The number of hydrogen-bond acceptors (Lipinski definition) is 3. The summed E-state index contributed by atoms with van der Waals surface area (Å²) in [6.45, 7) is 12.7. The second kappa shape index (κ2) is 5.72. The van der Waals surface area contributed by atoms with E-state index in [9.17, 15) is 0 Å². The molecule has 2 rings (SSSR count). The Morgan fingerprint density at radius 1 is 1.50 bits per heavy atom. The van der Waals surface area contributed by atoms with Crippen LogP contribution in [0.4, 0.5) is 0 Å². The van der Waals surface area contributed by atoms with E-state index in [-0.39, 0.29) is 5.54 Å². The van der Waals surface area contributed by atoms with Gasteiger partial charge in [0.25, 0.3) is 0 Å². The van der Waals surface area contributed by atoms with Crippen LogP contribution in [0.2, 0.25) is 0 Å². The van der Waals surface area contributed by atoms with Crippen molar-refractivity contribution in [2.45, 2.75) is 45.7 Å². The van der Waals surface area contributed by atoms with Crippen LogP contribution >= 0.6 is 11.3 Å². The first-order valence-corrected chi connectivity index (χ1v) is 7.87. The summed E-state index contributed by atoms with van der Waals surface area (Å²) in [5.41, 5.74) is 0.251. The lowest BCUT2D eigenvalue weighted by Gasteiger charge is -2.46. The molecule has 0 saturated carbocycles. The summed E-state index contributed by atoms with van der Waals surface area (Å²) in [5.74, 6) is 0.719. The van der Waals surface area contributed by atoms with Crippen LogP contribution in [0.1, 0.15) is 32.6 Å². The van der Waals surface area contributed by atoms with E-state index in [4.69, 9.17) is 0 Å². The number of nitrogens with one attached hydrogen (secondary N) is 1. The van der Waals surface area contributed by atoms with E-state index in [0.717, 1.165) is 19.0 Å². The van der Waals surface area contributed by atoms with Gasteiger partial charge in [0, 0.05) is 36.1 Å². The van der Waals surface area contributed by atoms with E-state index in [1.165, 1.54) is 17.8 Å². The first kappa shape index (κ1) is 14.0. The van der Waals surface area contributed by atoms with Crippen LogP contribution in [-0.2, 0) is 6.42 Å². The van der Waals surface area contributed by atoms with Crippen LogP contribution in [-0.4, -0.2) is 36.1 Å². The van der Waals surface area contributed by atoms with Gasteiger partial charge in [-0.1, -0.05) is 19.9 Å². The van der Waals surface area contributed by atoms with Crippen molar-refractivity contribution in [3.05, 3.63) is 22.4 Å². The maximum atomic E-state index is 3.67. The average molecular weight is 266 g/mol. The van der Waals surface area contributed by atoms with Crippen LogP contribution in [0, 0.1) is 5.92 Å². The molecule has 0 bridgehead atoms. The third kappa shape index (κ3) is 3.56. The van der Waals surface area contributed by atoms with Crippen LogP contribution in [0.3, 0.4) is 0 Å². The Balaban J connectivity index is 1.96. The molecular formula is C15H26N2S. The largest absolute Gasteiger partial charge is 0.309 e. The zero-order valence-electron chi connectivity index (χ0n) is 12.1. The summed E-state index contributed by atoms with van der Waals surface area (Å²) in [4.78, 5) is 4.19. The minimum atomic E-state index is 0.251. The summed E-state index contributed by atoms with van der Waals surface area (Å²) in [7, 11) is 0. The highest BCUT2D eigenvalue weighted by Gasteiger charge is 2.33. The highest BCUT2D eigenvalue weighted by Crippen LogP contribution is 2.21. The molecule has 0 radical (unpaired) electrons. The van der Waals surface area contributed by atoms with Crippen molar-refractivity contribution in [2.75, 3.05) is 19.6 Å². The summed E-state index contributed by atoms with van der Waals surface area (Å²) in [6.07, 6.45) is 1.19. The van der Waals surface area contributed by atoms with Crippen molar-refractivity contribution in [3.63, 3.8) is 0 Å². The van der Waals surface area contributed by atoms with Gasteiger partial charge in [0.2, 0.25) is 0 Å². The first-order valence-electron chi connectivity index (χ1n) is 6.99. The Hall–Kier alpha value is -0.380. The predicted molar refractivity (Wildman–Crippen MR) is 80.3 cm³/mol. The van der Waals surface area contributed by atoms with Gasteiger partial charge in [-0.15, -0.1) is 11.3 Å². The van der Waals surface area contributed by atoms with Crippen LogP contribution in [0.15, 0.2) is 17.5 Å². The lowest BCUT2D eigenvalue weighted by Crippen LogP contribution is -2.63. The molecule has 1 aliphatic rings. The highest BCUT2D eigenvalue weighted by atomic mass is 32.1. The van der Waals surface area contributed by atoms with Crippen molar-refractivity contribution < 1.29 is 0 Å². The SMILES string of the molecule is CC(C)C1CNC(C)(C)CN1CCc1cccs1. The van der Waals surface area contributed by atoms with Gasteiger partial charge in [-0.3, -0.25) is 4.90 Å². The van der Waals surface area contributed by atoms with E-state index in [1.54, 1.807) is 0 Å². The molecular weight excluding hydrogens is 240 g/mol. The van der Waals surface area contributed by atoms with Gasteiger partial charge in [0.1, 0.15) is 0 Å². The molecule has 2 heterocycles. The smallest absolute Gasteiger partial charge is 0.0252 e. The number of rotatable bonds is 4. The van der Waals surface area contributed by atoms with Gasteiger partial charge >= 0.3 is 0 Å². The molecule has 1 aromatic heterocycles. The maximum Gasteiger partial charge on any atom is 0.0252 e. The third-order valence-corrected chi connectivity index (χ3v) is 4.79. The Kier molecular flexibility index (Phi) is 4.46. The Bertz CT molecular complexity index is 357. The monoisotopic (exact) mass is 266 g/mol. The summed E-state index contributed by atoms with van der Waals surface area (Å²) >= 11 is 1.88. The molecule has 0 spiro atoms. The minimum Gasteiger partial charge on any atom is -0.309 e. The summed E-state index contributed by atoms with van der Waals surface area (Å²) < 4.78 is 0. The molecule has 0 amide bonds. The van der Waals surface area contributed by atoms with E-state index in [2.05, 4.69) is 55.4 Å². The number of hydrogen-bond donors (Lipinski definition) is 1. The molecule has 0 aliphatic carbocycles. The zero-order chi connectivity index (χ0) is 13.2. The zero-order valence-corrected chi connectivity index (χ0v) is 12.9. The molecule has 1 unspecified atom stereocenters. The molecule has 1 atom stereocenters. The lowest BCUT2D eigenvalue weighted by molar-refractivity contribution is 0.0707. The van der Waals surface area contributed by atoms with Crippen molar-refractivity contribution >= 4 is 11.3 Å². The molecule has 18 heavy (non-hydrogen) atoms. The van der Waals surface area contributed by atoms with Crippen molar-refractivity contribution in [2.24, 2.45) is 5.92 Å². The maximum absolute atomic E-state index is 3.67. The Morgan fingerprint density at radius 3 is 2.89 bits per heavy atom.